The number of aromatic amines is 2. The Morgan fingerprint density at radius 3 is 2.77 bits per heavy atom. The molecular formula is C19H14BrN5O. The standard InChI is InChI=1S/C19H14BrN5O/c1-9-14(8-22-25(9)2)18-23-16-11-4-3-10(20)7-13(11)15-12(17(16)24-18)5-6-21-19(15)26/h3-8H,1-2H3,(H,21,26)(H,23,24). The summed E-state index contributed by atoms with van der Waals surface area (Å²) in [5, 5.41) is 7.65. The van der Waals surface area contributed by atoms with Crippen molar-refractivity contribution >= 4 is 48.5 Å². The van der Waals surface area contributed by atoms with Crippen molar-refractivity contribution in [2.24, 2.45) is 7.05 Å². The van der Waals surface area contributed by atoms with Gasteiger partial charge in [-0.1, -0.05) is 22.0 Å². The van der Waals surface area contributed by atoms with Gasteiger partial charge in [-0.2, -0.15) is 5.10 Å². The second kappa shape index (κ2) is 5.28. The Bertz CT molecular complexity index is 1390. The highest BCUT2D eigenvalue weighted by Gasteiger charge is 2.17. The van der Waals surface area contributed by atoms with E-state index in [9.17, 15) is 4.79 Å². The molecule has 5 rings (SSSR count). The molecule has 0 bridgehead atoms. The van der Waals surface area contributed by atoms with Gasteiger partial charge in [0.25, 0.3) is 5.56 Å². The van der Waals surface area contributed by atoms with Crippen LogP contribution >= 0.6 is 15.9 Å². The molecule has 2 N–H and O–H groups in total. The van der Waals surface area contributed by atoms with Crippen LogP contribution in [0.25, 0.3) is 44.0 Å². The van der Waals surface area contributed by atoms with E-state index in [1.54, 1.807) is 12.4 Å². The third kappa shape index (κ3) is 2.00. The monoisotopic (exact) mass is 407 g/mol. The lowest BCUT2D eigenvalue weighted by Crippen LogP contribution is -2.05. The maximum absolute atomic E-state index is 12.6. The van der Waals surface area contributed by atoms with Gasteiger partial charge in [0.05, 0.1) is 28.2 Å². The molecule has 3 heterocycles. The molecule has 0 fully saturated rings. The summed E-state index contributed by atoms with van der Waals surface area (Å²) >= 11 is 3.51. The molecule has 7 heteroatoms. The van der Waals surface area contributed by atoms with Gasteiger partial charge in [-0.05, 0) is 30.5 Å². The number of benzene rings is 2. The van der Waals surface area contributed by atoms with E-state index in [4.69, 9.17) is 4.98 Å². The minimum atomic E-state index is -0.116. The average Bonchev–Trinajstić information content (AvgIpc) is 3.19. The van der Waals surface area contributed by atoms with Crippen molar-refractivity contribution in [1.82, 2.24) is 24.7 Å². The average molecular weight is 408 g/mol. The van der Waals surface area contributed by atoms with Gasteiger partial charge in [-0.25, -0.2) is 4.98 Å². The Morgan fingerprint density at radius 1 is 1.15 bits per heavy atom. The molecule has 0 aliphatic carbocycles. The van der Waals surface area contributed by atoms with Crippen molar-refractivity contribution in [3.8, 4) is 11.4 Å². The number of H-pyrrole nitrogens is 2. The van der Waals surface area contributed by atoms with Gasteiger partial charge in [-0.3, -0.25) is 9.48 Å². The van der Waals surface area contributed by atoms with Gasteiger partial charge in [-0.15, -0.1) is 0 Å². The van der Waals surface area contributed by atoms with Crippen molar-refractivity contribution in [3.05, 3.63) is 57.2 Å². The Hall–Kier alpha value is -2.93. The third-order valence-electron chi connectivity index (χ3n) is 4.93. The second-order valence-electron chi connectivity index (χ2n) is 6.36. The molecule has 0 radical (unpaired) electrons. The molecule has 0 atom stereocenters. The number of hydrogen-bond donors (Lipinski definition) is 2. The zero-order valence-corrected chi connectivity index (χ0v) is 15.7. The fourth-order valence-electron chi connectivity index (χ4n) is 3.51. The largest absolute Gasteiger partial charge is 0.337 e. The van der Waals surface area contributed by atoms with Gasteiger partial charge < -0.3 is 9.97 Å². The molecular weight excluding hydrogens is 394 g/mol. The SMILES string of the molecule is Cc1c(-c2nc3c4cc[nH]c(=O)c4c4cc(Br)ccc4c3[nH]2)cnn1C. The van der Waals surface area contributed by atoms with E-state index in [0.717, 1.165) is 48.7 Å². The van der Waals surface area contributed by atoms with Crippen LogP contribution in [0.1, 0.15) is 5.69 Å². The predicted octanol–water partition coefficient (Wildman–Crippen LogP) is 4.03. The Labute approximate surface area is 156 Å². The number of fused-ring (bicyclic) bond motifs is 6. The summed E-state index contributed by atoms with van der Waals surface area (Å²) in [6, 6.07) is 7.86. The van der Waals surface area contributed by atoms with Crippen molar-refractivity contribution in [2.45, 2.75) is 6.92 Å². The van der Waals surface area contributed by atoms with Gasteiger partial charge in [0.15, 0.2) is 0 Å². The molecule has 0 saturated heterocycles. The molecule has 3 aromatic heterocycles. The summed E-state index contributed by atoms with van der Waals surface area (Å²) in [6.07, 6.45) is 3.47. The lowest BCUT2D eigenvalue weighted by molar-refractivity contribution is 0.740. The number of hydrogen-bond acceptors (Lipinski definition) is 3. The first-order valence-electron chi connectivity index (χ1n) is 8.16. The molecule has 0 unspecified atom stereocenters. The Morgan fingerprint density at radius 2 is 2.00 bits per heavy atom. The number of nitrogens with zero attached hydrogens (tertiary/aromatic N) is 3. The van der Waals surface area contributed by atoms with Crippen molar-refractivity contribution in [1.29, 1.82) is 0 Å². The number of aryl methyl sites for hydroxylation is 1. The van der Waals surface area contributed by atoms with Crippen LogP contribution in [0.2, 0.25) is 0 Å². The smallest absolute Gasteiger partial charge is 0.256 e. The molecule has 0 saturated carbocycles. The van der Waals surface area contributed by atoms with Crippen LogP contribution < -0.4 is 5.56 Å². The Kier molecular flexibility index (Phi) is 3.12. The Balaban J connectivity index is 2.01. The van der Waals surface area contributed by atoms with Crippen LogP contribution in [0.5, 0.6) is 0 Å². The van der Waals surface area contributed by atoms with Crippen molar-refractivity contribution in [2.75, 3.05) is 0 Å². The van der Waals surface area contributed by atoms with E-state index in [2.05, 4.69) is 31.0 Å². The lowest BCUT2D eigenvalue weighted by Gasteiger charge is -2.05. The molecule has 2 aromatic carbocycles. The highest BCUT2D eigenvalue weighted by Crippen LogP contribution is 2.35. The van der Waals surface area contributed by atoms with Crippen LogP contribution in [-0.2, 0) is 7.05 Å². The summed E-state index contributed by atoms with van der Waals surface area (Å²) in [6.45, 7) is 2.01. The minimum Gasteiger partial charge on any atom is -0.337 e. The number of nitrogens with one attached hydrogen (secondary N) is 2. The van der Waals surface area contributed by atoms with Gasteiger partial charge in [0, 0.05) is 34.2 Å². The fraction of sp³-hybridized carbons (Fsp3) is 0.105. The van der Waals surface area contributed by atoms with Gasteiger partial charge in [0.2, 0.25) is 0 Å². The van der Waals surface area contributed by atoms with Crippen LogP contribution in [0, 0.1) is 6.92 Å². The first-order chi connectivity index (χ1) is 12.5. The second-order valence-corrected chi connectivity index (χ2v) is 7.28. The van der Waals surface area contributed by atoms with Crippen LogP contribution in [0.4, 0.5) is 0 Å². The predicted molar refractivity (Wildman–Crippen MR) is 106 cm³/mol. The van der Waals surface area contributed by atoms with E-state index < -0.39 is 0 Å². The van der Waals surface area contributed by atoms with E-state index in [0.29, 0.717) is 5.39 Å². The van der Waals surface area contributed by atoms with E-state index in [-0.39, 0.29) is 5.56 Å². The quantitative estimate of drug-likeness (QED) is 0.411. The van der Waals surface area contributed by atoms with Gasteiger partial charge in [0.1, 0.15) is 5.82 Å². The lowest BCUT2D eigenvalue weighted by atomic mass is 10.0. The van der Waals surface area contributed by atoms with E-state index in [1.165, 1.54) is 0 Å². The highest BCUT2D eigenvalue weighted by atomic mass is 79.9. The molecule has 0 aliphatic heterocycles. The van der Waals surface area contributed by atoms with E-state index in [1.807, 2.05) is 42.9 Å². The summed E-state index contributed by atoms with van der Waals surface area (Å²) in [5.41, 5.74) is 3.57. The first kappa shape index (κ1) is 15.3. The summed E-state index contributed by atoms with van der Waals surface area (Å²) < 4.78 is 2.75. The maximum Gasteiger partial charge on any atom is 0.256 e. The first-order valence-corrected chi connectivity index (χ1v) is 8.95. The molecule has 26 heavy (non-hydrogen) atoms. The summed E-state index contributed by atoms with van der Waals surface area (Å²) in [5.74, 6) is 0.752. The molecule has 6 nitrogen and oxygen atoms in total. The summed E-state index contributed by atoms with van der Waals surface area (Å²) in [7, 11) is 1.91. The van der Waals surface area contributed by atoms with E-state index >= 15 is 0 Å². The number of pyridine rings is 1. The zero-order valence-electron chi connectivity index (χ0n) is 14.1. The normalized spacial score (nSPS) is 11.8. The third-order valence-corrected chi connectivity index (χ3v) is 5.42. The maximum atomic E-state index is 12.6. The number of imidazole rings is 1. The zero-order chi connectivity index (χ0) is 18.0. The van der Waals surface area contributed by atoms with Crippen molar-refractivity contribution < 1.29 is 0 Å². The van der Waals surface area contributed by atoms with Crippen LogP contribution in [-0.4, -0.2) is 24.7 Å². The fourth-order valence-corrected chi connectivity index (χ4v) is 3.87. The van der Waals surface area contributed by atoms with Crippen LogP contribution in [0.3, 0.4) is 0 Å². The molecule has 0 aliphatic rings. The molecule has 0 spiro atoms. The summed E-state index contributed by atoms with van der Waals surface area (Å²) in [4.78, 5) is 23.6. The van der Waals surface area contributed by atoms with Crippen molar-refractivity contribution in [3.63, 3.8) is 0 Å². The molecule has 5 aromatic rings. The topological polar surface area (TPSA) is 79.4 Å². The number of halogens is 1. The number of aromatic nitrogens is 5. The molecule has 0 amide bonds. The number of rotatable bonds is 1. The highest BCUT2D eigenvalue weighted by molar-refractivity contribution is 9.10. The van der Waals surface area contributed by atoms with Gasteiger partial charge >= 0.3 is 0 Å². The minimum absolute atomic E-state index is 0.116. The van der Waals surface area contributed by atoms with Crippen LogP contribution in [0.15, 0.2) is 45.9 Å². The molecule has 128 valence electrons.